The fourth-order valence-electron chi connectivity index (χ4n) is 7.95. The van der Waals surface area contributed by atoms with Crippen LogP contribution in [0.2, 0.25) is 0 Å². The number of allylic oxidation sites excluding steroid dienone is 1. The van der Waals surface area contributed by atoms with Gasteiger partial charge in [0.15, 0.2) is 11.5 Å². The van der Waals surface area contributed by atoms with E-state index in [1.165, 1.54) is 11.6 Å². The van der Waals surface area contributed by atoms with Crippen molar-refractivity contribution in [2.45, 2.75) is 77.7 Å². The summed E-state index contributed by atoms with van der Waals surface area (Å²) >= 11 is 0. The van der Waals surface area contributed by atoms with Crippen molar-refractivity contribution >= 4 is 0 Å². The zero-order valence-corrected chi connectivity index (χ0v) is 20.9. The minimum atomic E-state index is -3.61. The third-order valence-corrected chi connectivity index (χ3v) is 10.1. The van der Waals surface area contributed by atoms with E-state index >= 15 is 0 Å². The second-order valence-corrected chi connectivity index (χ2v) is 11.9. The highest BCUT2D eigenvalue weighted by atomic mass is 19.3. The molecule has 0 spiro atoms. The number of aliphatic hydroxyl groups excluding tert-OH is 2. The van der Waals surface area contributed by atoms with Crippen LogP contribution < -0.4 is 14.8 Å². The second-order valence-electron chi connectivity index (χ2n) is 11.9. The molecular formula is C28H39F2NO4. The van der Waals surface area contributed by atoms with Crippen LogP contribution in [0.3, 0.4) is 0 Å². The van der Waals surface area contributed by atoms with E-state index in [-0.39, 0.29) is 41.0 Å². The zero-order valence-electron chi connectivity index (χ0n) is 20.9. The molecule has 3 saturated carbocycles. The van der Waals surface area contributed by atoms with Gasteiger partial charge in [-0.15, -0.1) is 8.78 Å². The summed E-state index contributed by atoms with van der Waals surface area (Å²) in [6.07, 6.45) is 2.90. The number of benzene rings is 1. The summed E-state index contributed by atoms with van der Waals surface area (Å²) in [5, 5.41) is 24.2. The summed E-state index contributed by atoms with van der Waals surface area (Å²) in [6, 6.07) is 4.95. The van der Waals surface area contributed by atoms with Crippen molar-refractivity contribution < 1.29 is 28.5 Å². The van der Waals surface area contributed by atoms with Gasteiger partial charge in [0, 0.05) is 13.2 Å². The van der Waals surface area contributed by atoms with Gasteiger partial charge in [-0.25, -0.2) is 0 Å². The average Bonchev–Trinajstić information content (AvgIpc) is 3.29. The van der Waals surface area contributed by atoms with Gasteiger partial charge < -0.3 is 25.0 Å². The molecule has 3 aliphatic carbocycles. The van der Waals surface area contributed by atoms with Crippen LogP contribution in [0.15, 0.2) is 30.4 Å². The first kappa shape index (κ1) is 25.0. The van der Waals surface area contributed by atoms with Crippen LogP contribution in [0.25, 0.3) is 0 Å². The van der Waals surface area contributed by atoms with E-state index in [4.69, 9.17) is 0 Å². The number of hydrogen-bond acceptors (Lipinski definition) is 5. The van der Waals surface area contributed by atoms with Crippen LogP contribution in [-0.2, 0) is 6.54 Å². The maximum absolute atomic E-state index is 13.4. The van der Waals surface area contributed by atoms with Crippen molar-refractivity contribution in [2.75, 3.05) is 13.2 Å². The Bertz CT molecular complexity index is 970. The number of halogens is 2. The normalized spacial score (nSPS) is 40.1. The highest BCUT2D eigenvalue weighted by Crippen LogP contribution is 2.63. The lowest BCUT2D eigenvalue weighted by Gasteiger charge is -2.56. The first-order valence-corrected chi connectivity index (χ1v) is 13.1. The SMILES string of the molecule is C=C1CC[C@H]2[C@H](CNCc3ccc4c(c3)OC(F)(F)O4)[C@@H]([C@@]3(C)CC[C@H](O)C[C@@H]3CO)CC[C@]12C. The molecule has 4 aliphatic rings. The second kappa shape index (κ2) is 9.00. The van der Waals surface area contributed by atoms with Gasteiger partial charge in [0.2, 0.25) is 0 Å². The molecule has 0 aromatic heterocycles. The summed E-state index contributed by atoms with van der Waals surface area (Å²) in [6.45, 7) is 10.6. The lowest BCUT2D eigenvalue weighted by atomic mass is 9.49. The number of fused-ring (bicyclic) bond motifs is 2. The van der Waals surface area contributed by atoms with Crippen LogP contribution in [-0.4, -0.2) is 35.8 Å². The number of alkyl halides is 2. The molecule has 5 nitrogen and oxygen atoms in total. The number of nitrogens with one attached hydrogen (secondary N) is 1. The fraction of sp³-hybridized carbons (Fsp3) is 0.714. The minimum absolute atomic E-state index is 0.0179. The molecule has 0 radical (unpaired) electrons. The molecule has 194 valence electrons. The Hall–Kier alpha value is -1.70. The summed E-state index contributed by atoms with van der Waals surface area (Å²) < 4.78 is 35.9. The van der Waals surface area contributed by atoms with Gasteiger partial charge in [-0.3, -0.25) is 0 Å². The van der Waals surface area contributed by atoms with E-state index in [9.17, 15) is 19.0 Å². The van der Waals surface area contributed by atoms with Crippen molar-refractivity contribution in [3.63, 3.8) is 0 Å². The Morgan fingerprint density at radius 1 is 1.09 bits per heavy atom. The van der Waals surface area contributed by atoms with E-state index < -0.39 is 6.29 Å². The van der Waals surface area contributed by atoms with Gasteiger partial charge in [0.25, 0.3) is 0 Å². The van der Waals surface area contributed by atoms with Gasteiger partial charge in [0.05, 0.1) is 6.10 Å². The maximum atomic E-state index is 13.4. The number of ether oxygens (including phenoxy) is 2. The van der Waals surface area contributed by atoms with E-state index in [2.05, 4.69) is 35.2 Å². The molecule has 5 rings (SSSR count). The quantitative estimate of drug-likeness (QED) is 0.474. The molecule has 3 fully saturated rings. The van der Waals surface area contributed by atoms with E-state index in [1.807, 2.05) is 0 Å². The summed E-state index contributed by atoms with van der Waals surface area (Å²) in [7, 11) is 0. The van der Waals surface area contributed by atoms with Crippen molar-refractivity contribution in [1.29, 1.82) is 0 Å². The molecular weight excluding hydrogens is 452 g/mol. The zero-order chi connectivity index (χ0) is 25.0. The Kier molecular flexibility index (Phi) is 6.42. The standard InChI is InChI=1S/C28H39F2NO4/c1-17-4-6-22-21(15-31-14-18-5-7-24-25(12-18)35-28(29,30)34-24)23(9-11-26(17,22)2)27(3)10-8-20(33)13-19(27)16-32/h5,7,12,19-23,31-33H,1,4,6,8-11,13-16H2,2-3H3/t19-,20+,21+,22+,23+,26-,27+/m1/s1. The van der Waals surface area contributed by atoms with Crippen molar-refractivity contribution in [3.8, 4) is 11.5 Å². The van der Waals surface area contributed by atoms with Gasteiger partial charge in [-0.05, 0) is 104 Å². The van der Waals surface area contributed by atoms with Gasteiger partial charge in [-0.1, -0.05) is 32.1 Å². The Morgan fingerprint density at radius 2 is 1.86 bits per heavy atom. The first-order valence-electron chi connectivity index (χ1n) is 13.1. The smallest absolute Gasteiger partial charge is 0.396 e. The highest BCUT2D eigenvalue weighted by molar-refractivity contribution is 5.45. The average molecular weight is 492 g/mol. The summed E-state index contributed by atoms with van der Waals surface area (Å²) in [5.41, 5.74) is 2.37. The monoisotopic (exact) mass is 491 g/mol. The lowest BCUT2D eigenvalue weighted by molar-refractivity contribution is -0.286. The molecule has 0 amide bonds. The number of aliphatic hydroxyl groups is 2. The molecule has 0 bridgehead atoms. The van der Waals surface area contributed by atoms with E-state index in [0.29, 0.717) is 30.7 Å². The van der Waals surface area contributed by atoms with Crippen LogP contribution in [0.4, 0.5) is 8.78 Å². The molecule has 1 aliphatic heterocycles. The fourth-order valence-corrected chi connectivity index (χ4v) is 7.95. The van der Waals surface area contributed by atoms with Crippen LogP contribution in [0.1, 0.15) is 64.4 Å². The molecule has 3 N–H and O–H groups in total. The molecule has 0 unspecified atom stereocenters. The Balaban J connectivity index is 1.34. The van der Waals surface area contributed by atoms with E-state index in [0.717, 1.165) is 50.6 Å². The topological polar surface area (TPSA) is 71.0 Å². The largest absolute Gasteiger partial charge is 0.586 e. The van der Waals surface area contributed by atoms with Crippen molar-refractivity contribution in [2.24, 2.45) is 34.5 Å². The summed E-state index contributed by atoms with van der Waals surface area (Å²) in [4.78, 5) is 0. The highest BCUT2D eigenvalue weighted by Gasteiger charge is 2.56. The molecule has 1 aromatic carbocycles. The van der Waals surface area contributed by atoms with Gasteiger partial charge >= 0.3 is 6.29 Å². The van der Waals surface area contributed by atoms with Gasteiger partial charge in [-0.2, -0.15) is 0 Å². The predicted octanol–water partition coefficient (Wildman–Crippen LogP) is 5.26. The van der Waals surface area contributed by atoms with Crippen molar-refractivity contribution in [1.82, 2.24) is 5.32 Å². The maximum Gasteiger partial charge on any atom is 0.586 e. The van der Waals surface area contributed by atoms with Crippen molar-refractivity contribution in [3.05, 3.63) is 35.9 Å². The predicted molar refractivity (Wildman–Crippen MR) is 129 cm³/mol. The molecule has 0 saturated heterocycles. The Morgan fingerprint density at radius 3 is 2.63 bits per heavy atom. The molecule has 35 heavy (non-hydrogen) atoms. The minimum Gasteiger partial charge on any atom is -0.396 e. The molecule has 1 aromatic rings. The van der Waals surface area contributed by atoms with E-state index in [1.54, 1.807) is 12.1 Å². The molecule has 7 heteroatoms. The number of rotatable bonds is 6. The summed E-state index contributed by atoms with van der Waals surface area (Å²) in [5.74, 6) is 1.63. The first-order chi connectivity index (χ1) is 16.6. The Labute approximate surface area is 206 Å². The molecule has 1 heterocycles. The third kappa shape index (κ3) is 4.38. The molecule has 7 atom stereocenters. The third-order valence-electron chi connectivity index (χ3n) is 10.1. The number of hydrogen-bond donors (Lipinski definition) is 3. The lowest BCUT2D eigenvalue weighted by Crippen LogP contribution is -2.53. The van der Waals surface area contributed by atoms with Crippen LogP contribution >= 0.6 is 0 Å². The van der Waals surface area contributed by atoms with Crippen LogP contribution in [0.5, 0.6) is 11.5 Å². The van der Waals surface area contributed by atoms with Gasteiger partial charge in [0.1, 0.15) is 0 Å². The van der Waals surface area contributed by atoms with Crippen LogP contribution in [0, 0.1) is 34.5 Å².